The molecule has 1 N–H and O–H groups in total. The lowest BCUT2D eigenvalue weighted by Gasteiger charge is -2.32. The van der Waals surface area contributed by atoms with Crippen LogP contribution in [0.5, 0.6) is 0 Å². The van der Waals surface area contributed by atoms with Crippen molar-refractivity contribution in [3.63, 3.8) is 0 Å². The van der Waals surface area contributed by atoms with Gasteiger partial charge < -0.3 is 14.6 Å². The van der Waals surface area contributed by atoms with Gasteiger partial charge in [0.2, 0.25) is 0 Å². The maximum absolute atomic E-state index is 11.7. The first-order valence-corrected chi connectivity index (χ1v) is 5.53. The fourth-order valence-electron chi connectivity index (χ4n) is 1.68. The highest BCUT2D eigenvalue weighted by molar-refractivity contribution is 5.67. The highest BCUT2D eigenvalue weighted by Gasteiger charge is 2.36. The van der Waals surface area contributed by atoms with Crippen molar-refractivity contribution in [3.8, 4) is 0 Å². The zero-order chi connectivity index (χ0) is 12.6. The van der Waals surface area contributed by atoms with E-state index in [-0.39, 0.29) is 19.3 Å². The summed E-state index contributed by atoms with van der Waals surface area (Å²) in [5.74, 6) is 0. The predicted octanol–water partition coefficient (Wildman–Crippen LogP) is 0.812. The topological polar surface area (TPSA) is 68.2 Å². The van der Waals surface area contributed by atoms with E-state index in [0.717, 1.165) is 10.6 Å². The van der Waals surface area contributed by atoms with Crippen molar-refractivity contribution in [2.24, 2.45) is 0 Å². The van der Waals surface area contributed by atoms with Crippen molar-refractivity contribution in [2.75, 3.05) is 13.2 Å². The molecule has 0 aliphatic carbocycles. The number of hydroxylamine groups is 2. The van der Waals surface area contributed by atoms with E-state index in [2.05, 4.69) is 0 Å². The Morgan fingerprint density at radius 3 is 2.94 bits per heavy atom. The van der Waals surface area contributed by atoms with Crippen LogP contribution in [0.2, 0.25) is 0 Å². The van der Waals surface area contributed by atoms with Crippen LogP contribution in [-0.2, 0) is 14.3 Å². The molecule has 0 aromatic heterocycles. The number of aliphatic hydroxyl groups is 1. The van der Waals surface area contributed by atoms with Crippen molar-refractivity contribution in [1.82, 2.24) is 5.06 Å². The number of ether oxygens (including phenoxy) is 2. The normalized spacial score (nSPS) is 28.7. The second-order valence-electron chi connectivity index (χ2n) is 5.07. The number of hydrogen-bond donors (Lipinski definition) is 1. The van der Waals surface area contributed by atoms with Gasteiger partial charge in [0.1, 0.15) is 11.7 Å². The minimum Gasteiger partial charge on any atom is -0.442 e. The molecule has 0 radical (unpaired) electrons. The van der Waals surface area contributed by atoms with Gasteiger partial charge in [-0.3, -0.25) is 4.84 Å². The predicted molar refractivity (Wildman–Crippen MR) is 57.9 cm³/mol. The minimum atomic E-state index is -0.905. The Morgan fingerprint density at radius 1 is 1.59 bits per heavy atom. The fourth-order valence-corrected chi connectivity index (χ4v) is 1.68. The van der Waals surface area contributed by atoms with Gasteiger partial charge in [-0.15, -0.1) is 0 Å². The fraction of sp³-hybridized carbons (Fsp3) is 0.727. The van der Waals surface area contributed by atoms with Gasteiger partial charge in [0, 0.05) is 0 Å². The van der Waals surface area contributed by atoms with Crippen LogP contribution in [0.4, 0.5) is 4.79 Å². The van der Waals surface area contributed by atoms with Gasteiger partial charge in [-0.05, 0) is 32.4 Å². The number of nitrogens with zero attached hydrogens (tertiary/aromatic N) is 1. The number of aliphatic hydroxyl groups excluding tert-OH is 1. The van der Waals surface area contributed by atoms with Crippen molar-refractivity contribution in [3.05, 3.63) is 11.6 Å². The largest absolute Gasteiger partial charge is 0.442 e. The molecular weight excluding hydrogens is 226 g/mol. The van der Waals surface area contributed by atoms with Crippen LogP contribution in [0, 0.1) is 0 Å². The highest BCUT2D eigenvalue weighted by atomic mass is 16.7. The third kappa shape index (κ3) is 2.96. The Bertz CT molecular complexity index is 346. The summed E-state index contributed by atoms with van der Waals surface area (Å²) in [7, 11) is 0. The van der Waals surface area contributed by atoms with E-state index in [4.69, 9.17) is 14.3 Å². The molecule has 0 aromatic carbocycles. The maximum Gasteiger partial charge on any atom is 0.434 e. The molecule has 2 unspecified atom stereocenters. The molecule has 1 amide bonds. The first-order chi connectivity index (χ1) is 7.85. The number of carbonyl (C=O) groups is 1. The third-order valence-electron chi connectivity index (χ3n) is 2.39. The maximum atomic E-state index is 11.7. The Morgan fingerprint density at radius 2 is 2.29 bits per heavy atom. The third-order valence-corrected chi connectivity index (χ3v) is 2.39. The van der Waals surface area contributed by atoms with E-state index in [1.807, 2.05) is 0 Å². The number of hydrogen-bond acceptors (Lipinski definition) is 5. The molecule has 0 spiro atoms. The molecule has 1 saturated heterocycles. The van der Waals surface area contributed by atoms with Crippen LogP contribution in [0.25, 0.3) is 0 Å². The van der Waals surface area contributed by atoms with Gasteiger partial charge in [-0.25, -0.2) is 4.79 Å². The van der Waals surface area contributed by atoms with Gasteiger partial charge in [0.05, 0.1) is 13.2 Å². The van der Waals surface area contributed by atoms with Gasteiger partial charge in [-0.1, -0.05) is 0 Å². The molecule has 17 heavy (non-hydrogen) atoms. The zero-order valence-electron chi connectivity index (χ0n) is 10.2. The highest BCUT2D eigenvalue weighted by Crippen LogP contribution is 2.25. The summed E-state index contributed by atoms with van der Waals surface area (Å²) in [6, 6.07) is 0. The molecule has 2 aliphatic heterocycles. The number of amides is 1. The van der Waals surface area contributed by atoms with E-state index in [9.17, 15) is 9.90 Å². The smallest absolute Gasteiger partial charge is 0.434 e. The van der Waals surface area contributed by atoms with Crippen molar-refractivity contribution in [1.29, 1.82) is 0 Å². The number of carbonyl (C=O) groups excluding carboxylic acids is 1. The average molecular weight is 243 g/mol. The lowest BCUT2D eigenvalue weighted by atomic mass is 10.1. The Labute approximate surface area is 99.7 Å². The van der Waals surface area contributed by atoms with Crippen molar-refractivity contribution < 1.29 is 24.2 Å². The van der Waals surface area contributed by atoms with Crippen molar-refractivity contribution >= 4 is 6.09 Å². The van der Waals surface area contributed by atoms with E-state index in [1.165, 1.54) is 0 Å². The van der Waals surface area contributed by atoms with E-state index >= 15 is 0 Å². The summed E-state index contributed by atoms with van der Waals surface area (Å²) in [5.41, 5.74) is 0.296. The number of fused-ring (bicyclic) bond motifs is 1. The summed E-state index contributed by atoms with van der Waals surface area (Å²) in [4.78, 5) is 17.0. The molecule has 96 valence electrons. The first-order valence-electron chi connectivity index (χ1n) is 5.53. The second kappa shape index (κ2) is 4.29. The van der Waals surface area contributed by atoms with Crippen LogP contribution in [-0.4, -0.2) is 47.4 Å². The molecule has 2 aliphatic rings. The second-order valence-corrected chi connectivity index (χ2v) is 5.07. The Hall–Kier alpha value is -1.11. The molecule has 1 fully saturated rings. The molecule has 2 rings (SSSR count). The monoisotopic (exact) mass is 243 g/mol. The molecular formula is C11H17NO5. The Balaban J connectivity index is 1.93. The molecule has 2 heterocycles. The minimum absolute atomic E-state index is 0.234. The summed E-state index contributed by atoms with van der Waals surface area (Å²) < 4.78 is 10.4. The number of rotatable bonds is 0. The lowest BCUT2D eigenvalue weighted by molar-refractivity contribution is -0.185. The van der Waals surface area contributed by atoms with Gasteiger partial charge in [0.25, 0.3) is 0 Å². The quantitative estimate of drug-likeness (QED) is 0.638. The van der Waals surface area contributed by atoms with Gasteiger partial charge >= 0.3 is 6.09 Å². The van der Waals surface area contributed by atoms with Gasteiger partial charge in [-0.2, -0.15) is 5.06 Å². The van der Waals surface area contributed by atoms with Crippen LogP contribution in [0.15, 0.2) is 11.6 Å². The van der Waals surface area contributed by atoms with Crippen LogP contribution >= 0.6 is 0 Å². The standard InChI is InChI=1S/C11H17NO5/c1-11(2,3)17-10(14)12-5-8-7(6-15-12)4-9(13)16-8/h4,8-9,13H,5-6H2,1-3H3. The van der Waals surface area contributed by atoms with Crippen molar-refractivity contribution in [2.45, 2.75) is 38.8 Å². The summed E-state index contributed by atoms with van der Waals surface area (Å²) >= 11 is 0. The molecule has 2 atom stereocenters. The molecule has 0 bridgehead atoms. The zero-order valence-corrected chi connectivity index (χ0v) is 10.2. The average Bonchev–Trinajstić information content (AvgIpc) is 2.53. The molecule has 6 heteroatoms. The molecule has 6 nitrogen and oxygen atoms in total. The molecule has 0 saturated carbocycles. The SMILES string of the molecule is CC(C)(C)OC(=O)N1CC2OC(O)C=C2CO1. The van der Waals surface area contributed by atoms with E-state index in [1.54, 1.807) is 26.8 Å². The van der Waals surface area contributed by atoms with Crippen LogP contribution in [0.1, 0.15) is 20.8 Å². The van der Waals surface area contributed by atoms with E-state index in [0.29, 0.717) is 0 Å². The lowest BCUT2D eigenvalue weighted by Crippen LogP contribution is -2.45. The summed E-state index contributed by atoms with van der Waals surface area (Å²) in [5, 5.41) is 10.4. The molecule has 0 aromatic rings. The Kier molecular flexibility index (Phi) is 3.11. The first kappa shape index (κ1) is 12.3. The summed E-state index contributed by atoms with van der Waals surface area (Å²) in [6.07, 6.45) is -0.151. The van der Waals surface area contributed by atoms with Crippen LogP contribution in [0.3, 0.4) is 0 Å². The van der Waals surface area contributed by atoms with Crippen LogP contribution < -0.4 is 0 Å². The summed E-state index contributed by atoms with van der Waals surface area (Å²) in [6.45, 7) is 5.83. The van der Waals surface area contributed by atoms with Gasteiger partial charge in [0.15, 0.2) is 6.29 Å². The van der Waals surface area contributed by atoms with E-state index < -0.39 is 18.0 Å².